The standard InChI is InChI=1S/C36H47N7O7/c1-35(2,3)50-34(48)41-36(4,5)33(47)39-27(23-49-22-26-15-10-7-11-16-26)31(45)40-29-20-42(24-38-29)21-30(44)43-18-12-17-28(43)32(46)37-19-25-13-8-6-9-14-25/h6-11,13-16,20,24,27-28H,12,17-19,21-23H2,1-5H3,(H,37,46)(H,39,47)(H,40,45)(H,41,48)/t27-,28-/m1/s1. The van der Waals surface area contributed by atoms with E-state index in [0.717, 1.165) is 11.1 Å². The van der Waals surface area contributed by atoms with Crippen molar-refractivity contribution in [2.24, 2.45) is 0 Å². The third-order valence-electron chi connectivity index (χ3n) is 7.79. The molecule has 14 heteroatoms. The maximum Gasteiger partial charge on any atom is 0.408 e. The Labute approximate surface area is 292 Å². The average Bonchev–Trinajstić information content (AvgIpc) is 3.73. The number of hydrogen-bond acceptors (Lipinski definition) is 8. The minimum absolute atomic E-state index is 0.0871. The van der Waals surface area contributed by atoms with Crippen LogP contribution in [0.4, 0.5) is 10.6 Å². The molecule has 0 radical (unpaired) electrons. The van der Waals surface area contributed by atoms with Crippen LogP contribution in [0.15, 0.2) is 73.2 Å². The van der Waals surface area contributed by atoms with Crippen molar-refractivity contribution in [1.82, 2.24) is 30.4 Å². The summed E-state index contributed by atoms with van der Waals surface area (Å²) < 4.78 is 12.6. The predicted molar refractivity (Wildman–Crippen MR) is 185 cm³/mol. The lowest BCUT2D eigenvalue weighted by molar-refractivity contribution is -0.139. The monoisotopic (exact) mass is 689 g/mol. The van der Waals surface area contributed by atoms with Gasteiger partial charge in [-0.05, 0) is 58.6 Å². The highest BCUT2D eigenvalue weighted by molar-refractivity contribution is 5.98. The van der Waals surface area contributed by atoms with Gasteiger partial charge in [-0.25, -0.2) is 9.78 Å². The van der Waals surface area contributed by atoms with E-state index in [-0.39, 0.29) is 37.4 Å². The van der Waals surface area contributed by atoms with Gasteiger partial charge >= 0.3 is 6.09 Å². The zero-order valence-corrected chi connectivity index (χ0v) is 29.2. The van der Waals surface area contributed by atoms with Crippen LogP contribution >= 0.6 is 0 Å². The van der Waals surface area contributed by atoms with Gasteiger partial charge in [0.05, 0.1) is 19.5 Å². The molecule has 3 aromatic rings. The van der Waals surface area contributed by atoms with E-state index in [4.69, 9.17) is 9.47 Å². The number of amides is 5. The van der Waals surface area contributed by atoms with E-state index in [2.05, 4.69) is 26.3 Å². The van der Waals surface area contributed by atoms with Crippen molar-refractivity contribution in [3.05, 3.63) is 84.3 Å². The number of ether oxygens (including phenoxy) is 2. The fraction of sp³-hybridized carbons (Fsp3) is 0.444. The number of benzene rings is 2. The highest BCUT2D eigenvalue weighted by Gasteiger charge is 2.36. The van der Waals surface area contributed by atoms with E-state index in [1.807, 2.05) is 60.7 Å². The summed E-state index contributed by atoms with van der Waals surface area (Å²) in [4.78, 5) is 71.1. The molecule has 0 unspecified atom stereocenters. The number of carbonyl (C=O) groups excluding carboxylic acids is 5. The lowest BCUT2D eigenvalue weighted by Crippen LogP contribution is -2.59. The van der Waals surface area contributed by atoms with E-state index >= 15 is 0 Å². The van der Waals surface area contributed by atoms with Gasteiger partial charge in [0.2, 0.25) is 17.7 Å². The third kappa shape index (κ3) is 11.4. The number of nitrogens with zero attached hydrogens (tertiary/aromatic N) is 3. The summed E-state index contributed by atoms with van der Waals surface area (Å²) in [6.07, 6.45) is 3.40. The Kier molecular flexibility index (Phi) is 12.7. The zero-order chi connectivity index (χ0) is 36.3. The molecule has 50 heavy (non-hydrogen) atoms. The molecule has 2 aromatic carbocycles. The molecule has 4 rings (SSSR count). The fourth-order valence-corrected chi connectivity index (χ4v) is 5.22. The summed E-state index contributed by atoms with van der Waals surface area (Å²) in [5, 5.41) is 10.8. The molecule has 1 aliphatic rings. The van der Waals surface area contributed by atoms with Gasteiger partial charge in [-0.2, -0.15) is 0 Å². The summed E-state index contributed by atoms with van der Waals surface area (Å²) in [5.74, 6) is -1.57. The normalized spacial score (nSPS) is 15.1. The minimum atomic E-state index is -1.44. The van der Waals surface area contributed by atoms with Crippen LogP contribution in [-0.4, -0.2) is 80.5 Å². The Balaban J connectivity index is 1.36. The number of hydrogen-bond donors (Lipinski definition) is 4. The van der Waals surface area contributed by atoms with Gasteiger partial charge in [-0.1, -0.05) is 60.7 Å². The molecule has 1 aliphatic heterocycles. The molecule has 0 saturated carbocycles. The zero-order valence-electron chi connectivity index (χ0n) is 29.2. The lowest BCUT2D eigenvalue weighted by atomic mass is 10.0. The van der Waals surface area contributed by atoms with Crippen LogP contribution in [0.2, 0.25) is 0 Å². The molecule has 0 spiro atoms. The topological polar surface area (TPSA) is 173 Å². The van der Waals surface area contributed by atoms with Crippen LogP contribution in [0.1, 0.15) is 58.6 Å². The van der Waals surface area contributed by atoms with Crippen molar-refractivity contribution in [1.29, 1.82) is 0 Å². The Bertz CT molecular complexity index is 1620. The minimum Gasteiger partial charge on any atom is -0.444 e. The van der Waals surface area contributed by atoms with Crippen LogP contribution in [0.25, 0.3) is 0 Å². The Morgan fingerprint density at radius 1 is 0.940 bits per heavy atom. The number of anilines is 1. The Morgan fingerprint density at radius 2 is 1.60 bits per heavy atom. The van der Waals surface area contributed by atoms with Gasteiger partial charge < -0.3 is 40.2 Å². The van der Waals surface area contributed by atoms with Gasteiger partial charge in [0.1, 0.15) is 29.8 Å². The van der Waals surface area contributed by atoms with Crippen LogP contribution in [-0.2, 0) is 48.3 Å². The molecule has 4 N–H and O–H groups in total. The Hall–Kier alpha value is -5.24. The number of imidazole rings is 1. The first kappa shape index (κ1) is 37.6. The van der Waals surface area contributed by atoms with Crippen molar-refractivity contribution in [2.45, 2.75) is 90.4 Å². The van der Waals surface area contributed by atoms with E-state index in [1.165, 1.54) is 30.9 Å². The number of carbonyl (C=O) groups is 5. The molecule has 2 heterocycles. The largest absolute Gasteiger partial charge is 0.444 e. The molecule has 0 bridgehead atoms. The summed E-state index contributed by atoms with van der Waals surface area (Å²) in [7, 11) is 0. The molecule has 1 saturated heterocycles. The van der Waals surface area contributed by atoms with Gasteiger partial charge in [-0.3, -0.25) is 19.2 Å². The Morgan fingerprint density at radius 3 is 2.26 bits per heavy atom. The molecular formula is C36H47N7O7. The molecule has 268 valence electrons. The van der Waals surface area contributed by atoms with E-state index < -0.39 is 41.1 Å². The van der Waals surface area contributed by atoms with Crippen LogP contribution in [0.5, 0.6) is 0 Å². The molecule has 0 aliphatic carbocycles. The summed E-state index contributed by atoms with van der Waals surface area (Å²) in [6, 6.07) is 17.2. The second kappa shape index (κ2) is 16.9. The second-order valence-corrected chi connectivity index (χ2v) is 13.6. The number of likely N-dealkylation sites (tertiary alicyclic amines) is 1. The number of aromatic nitrogens is 2. The first-order valence-corrected chi connectivity index (χ1v) is 16.6. The predicted octanol–water partition coefficient (Wildman–Crippen LogP) is 3.13. The lowest BCUT2D eigenvalue weighted by Gasteiger charge is -2.29. The summed E-state index contributed by atoms with van der Waals surface area (Å²) in [6.45, 7) is 8.85. The van der Waals surface area contributed by atoms with Gasteiger partial charge in [0.15, 0.2) is 5.82 Å². The highest BCUT2D eigenvalue weighted by Crippen LogP contribution is 2.19. The van der Waals surface area contributed by atoms with E-state index in [9.17, 15) is 24.0 Å². The van der Waals surface area contributed by atoms with Crippen molar-refractivity contribution in [3.8, 4) is 0 Å². The van der Waals surface area contributed by atoms with Crippen molar-refractivity contribution in [3.63, 3.8) is 0 Å². The molecular weight excluding hydrogens is 642 g/mol. The van der Waals surface area contributed by atoms with Crippen LogP contribution in [0, 0.1) is 0 Å². The van der Waals surface area contributed by atoms with Crippen molar-refractivity contribution < 1.29 is 33.4 Å². The van der Waals surface area contributed by atoms with E-state index in [0.29, 0.717) is 25.9 Å². The molecule has 14 nitrogen and oxygen atoms in total. The van der Waals surface area contributed by atoms with Gasteiger partial charge in [-0.15, -0.1) is 0 Å². The van der Waals surface area contributed by atoms with Crippen molar-refractivity contribution in [2.75, 3.05) is 18.5 Å². The quantitative estimate of drug-likeness (QED) is 0.200. The maximum absolute atomic E-state index is 13.5. The number of rotatable bonds is 14. The van der Waals surface area contributed by atoms with E-state index in [1.54, 1.807) is 25.7 Å². The van der Waals surface area contributed by atoms with Gasteiger partial charge in [0, 0.05) is 19.3 Å². The maximum atomic E-state index is 13.5. The summed E-state index contributed by atoms with van der Waals surface area (Å²) >= 11 is 0. The molecule has 1 aromatic heterocycles. The van der Waals surface area contributed by atoms with Gasteiger partial charge in [0.25, 0.3) is 5.91 Å². The first-order chi connectivity index (χ1) is 23.7. The first-order valence-electron chi connectivity index (χ1n) is 16.6. The number of nitrogens with one attached hydrogen (secondary N) is 4. The number of alkyl carbamates (subject to hydrolysis) is 1. The average molecular weight is 690 g/mol. The smallest absolute Gasteiger partial charge is 0.408 e. The molecule has 5 amide bonds. The van der Waals surface area contributed by atoms with Crippen LogP contribution in [0.3, 0.4) is 0 Å². The van der Waals surface area contributed by atoms with Crippen LogP contribution < -0.4 is 21.3 Å². The molecule has 1 fully saturated rings. The summed E-state index contributed by atoms with van der Waals surface area (Å²) in [5.41, 5.74) is -0.363. The second-order valence-electron chi connectivity index (χ2n) is 13.6. The molecule has 2 atom stereocenters. The fourth-order valence-electron chi connectivity index (χ4n) is 5.22. The SMILES string of the molecule is CC(C)(C)OC(=O)NC(C)(C)C(=O)N[C@H](COCc1ccccc1)C(=O)Nc1cn(CC(=O)N2CCC[C@@H]2C(=O)NCc2ccccc2)cn1. The highest BCUT2D eigenvalue weighted by atomic mass is 16.6. The van der Waals surface area contributed by atoms with Crippen molar-refractivity contribution >= 4 is 35.5 Å². The third-order valence-corrected chi connectivity index (χ3v) is 7.79.